The molecule has 6 nitrogen and oxygen atoms in total. The number of rotatable bonds is 7. The van der Waals surface area contributed by atoms with Gasteiger partial charge in [-0.2, -0.15) is 17.5 Å². The van der Waals surface area contributed by atoms with Crippen molar-refractivity contribution in [1.82, 2.24) is 9.62 Å². The summed E-state index contributed by atoms with van der Waals surface area (Å²) in [6.07, 6.45) is -4.48. The van der Waals surface area contributed by atoms with Crippen molar-refractivity contribution in [3.63, 3.8) is 0 Å². The summed E-state index contributed by atoms with van der Waals surface area (Å²) in [6.45, 7) is -0.632. The number of carbonyl (C=O) groups excluding carboxylic acids is 1. The van der Waals surface area contributed by atoms with E-state index in [2.05, 4.69) is 5.32 Å². The number of amides is 1. The summed E-state index contributed by atoms with van der Waals surface area (Å²) in [4.78, 5) is 12.0. The highest BCUT2D eigenvalue weighted by Crippen LogP contribution is 2.29. The lowest BCUT2D eigenvalue weighted by atomic mass is 10.1. The Kier molecular flexibility index (Phi) is 6.68. The third-order valence-corrected chi connectivity index (χ3v) is 5.70. The predicted octanol–water partition coefficient (Wildman–Crippen LogP) is 2.65. The lowest BCUT2D eigenvalue weighted by Gasteiger charge is -2.17. The largest absolute Gasteiger partial charge is 0.497 e. The third kappa shape index (κ3) is 5.46. The number of nitrogens with zero attached hydrogens (tertiary/aromatic N) is 1. The Morgan fingerprint density at radius 2 is 1.79 bits per heavy atom. The number of hydrogen-bond acceptors (Lipinski definition) is 4. The van der Waals surface area contributed by atoms with Crippen LogP contribution in [0, 0.1) is 0 Å². The zero-order valence-electron chi connectivity index (χ0n) is 15.2. The number of likely N-dealkylation sites (N-methyl/N-ethyl adjacent to an activating group) is 1. The van der Waals surface area contributed by atoms with Crippen molar-refractivity contribution in [3.8, 4) is 5.75 Å². The van der Waals surface area contributed by atoms with Crippen molar-refractivity contribution in [2.75, 3.05) is 20.7 Å². The monoisotopic (exact) mass is 416 g/mol. The lowest BCUT2D eigenvalue weighted by Crippen LogP contribution is -2.38. The smallest absolute Gasteiger partial charge is 0.416 e. The van der Waals surface area contributed by atoms with Crippen molar-refractivity contribution in [2.24, 2.45) is 0 Å². The number of benzene rings is 2. The number of carbonyl (C=O) groups is 1. The van der Waals surface area contributed by atoms with Crippen LogP contribution >= 0.6 is 0 Å². The Morgan fingerprint density at radius 1 is 1.14 bits per heavy atom. The predicted molar refractivity (Wildman–Crippen MR) is 96.1 cm³/mol. The molecule has 2 aromatic carbocycles. The molecule has 0 heterocycles. The Bertz CT molecular complexity index is 929. The normalized spacial score (nSPS) is 12.1. The van der Waals surface area contributed by atoms with E-state index in [0.717, 1.165) is 16.4 Å². The fourth-order valence-corrected chi connectivity index (χ4v) is 3.46. The minimum atomic E-state index is -4.48. The van der Waals surface area contributed by atoms with E-state index in [1.165, 1.54) is 50.6 Å². The van der Waals surface area contributed by atoms with Crippen LogP contribution in [0.1, 0.15) is 11.1 Å². The standard InChI is InChI=1S/C18H19F3N2O4S/c1-23(28(25,26)16-8-6-15(27-2)7-9-16)12-17(24)22-11-13-4-3-5-14(10-13)18(19,20)21/h3-10H,11-12H2,1-2H3,(H,22,24). The van der Waals surface area contributed by atoms with Gasteiger partial charge in [0.05, 0.1) is 24.1 Å². The third-order valence-electron chi connectivity index (χ3n) is 3.88. The molecule has 0 saturated heterocycles. The zero-order valence-corrected chi connectivity index (χ0v) is 16.0. The Labute approximate surface area is 161 Å². The number of sulfonamides is 1. The molecule has 0 aromatic heterocycles. The SMILES string of the molecule is COc1ccc(S(=O)(=O)N(C)CC(=O)NCc2cccc(C(F)(F)F)c2)cc1. The fraction of sp³-hybridized carbons (Fsp3) is 0.278. The van der Waals surface area contributed by atoms with Gasteiger partial charge in [0, 0.05) is 13.6 Å². The molecule has 0 fully saturated rings. The fourth-order valence-electron chi connectivity index (χ4n) is 2.33. The Balaban J connectivity index is 1.98. The first-order valence-electron chi connectivity index (χ1n) is 8.07. The molecule has 0 spiro atoms. The van der Waals surface area contributed by atoms with Crippen LogP contribution < -0.4 is 10.1 Å². The summed E-state index contributed by atoms with van der Waals surface area (Å²) in [5.41, 5.74) is -0.567. The van der Waals surface area contributed by atoms with Crippen LogP contribution in [0.25, 0.3) is 0 Å². The molecule has 2 rings (SSSR count). The summed E-state index contributed by atoms with van der Waals surface area (Å²) in [7, 11) is -1.21. The molecule has 0 aliphatic rings. The van der Waals surface area contributed by atoms with Gasteiger partial charge in [-0.3, -0.25) is 4.79 Å². The van der Waals surface area contributed by atoms with Gasteiger partial charge >= 0.3 is 6.18 Å². The summed E-state index contributed by atoms with van der Waals surface area (Å²) in [5, 5.41) is 2.42. The second kappa shape index (κ2) is 8.61. The van der Waals surface area contributed by atoms with E-state index in [4.69, 9.17) is 4.74 Å². The van der Waals surface area contributed by atoms with Gasteiger partial charge in [-0.15, -0.1) is 0 Å². The molecule has 2 aromatic rings. The van der Waals surface area contributed by atoms with Crippen LogP contribution in [-0.4, -0.2) is 39.3 Å². The molecule has 0 saturated carbocycles. The van der Waals surface area contributed by atoms with Crippen LogP contribution in [0.15, 0.2) is 53.4 Å². The van der Waals surface area contributed by atoms with Gasteiger partial charge < -0.3 is 10.1 Å². The second-order valence-corrected chi connectivity index (χ2v) is 7.96. The molecule has 0 aliphatic heterocycles. The van der Waals surface area contributed by atoms with Gasteiger partial charge in [-0.05, 0) is 42.0 Å². The summed E-state index contributed by atoms with van der Waals surface area (Å²) >= 11 is 0. The molecule has 0 atom stereocenters. The van der Waals surface area contributed by atoms with E-state index >= 15 is 0 Å². The first kappa shape index (κ1) is 21.7. The first-order chi connectivity index (χ1) is 13.0. The number of alkyl halides is 3. The van der Waals surface area contributed by atoms with E-state index in [0.29, 0.717) is 5.75 Å². The average Bonchev–Trinajstić information content (AvgIpc) is 2.66. The summed E-state index contributed by atoms with van der Waals surface area (Å²) in [5.74, 6) is -0.155. The minimum absolute atomic E-state index is 0.0125. The van der Waals surface area contributed by atoms with Crippen LogP contribution in [0.4, 0.5) is 13.2 Å². The second-order valence-electron chi connectivity index (χ2n) is 5.91. The van der Waals surface area contributed by atoms with Crippen molar-refractivity contribution < 1.29 is 31.1 Å². The molecule has 10 heteroatoms. The molecule has 0 bridgehead atoms. The van der Waals surface area contributed by atoms with Gasteiger partial charge in [0.15, 0.2) is 0 Å². The molecule has 28 heavy (non-hydrogen) atoms. The highest BCUT2D eigenvalue weighted by atomic mass is 32.2. The van der Waals surface area contributed by atoms with Crippen molar-refractivity contribution in [2.45, 2.75) is 17.6 Å². The van der Waals surface area contributed by atoms with Gasteiger partial charge in [-0.1, -0.05) is 12.1 Å². The number of ether oxygens (including phenoxy) is 1. The molecule has 0 unspecified atom stereocenters. The van der Waals surface area contributed by atoms with Gasteiger partial charge in [0.25, 0.3) is 0 Å². The number of hydrogen-bond donors (Lipinski definition) is 1. The van der Waals surface area contributed by atoms with Crippen LogP contribution in [0.2, 0.25) is 0 Å². The van der Waals surface area contributed by atoms with E-state index in [-0.39, 0.29) is 17.0 Å². The van der Waals surface area contributed by atoms with E-state index < -0.39 is 34.2 Å². The highest BCUT2D eigenvalue weighted by molar-refractivity contribution is 7.89. The maximum absolute atomic E-state index is 12.7. The van der Waals surface area contributed by atoms with Crippen molar-refractivity contribution in [3.05, 3.63) is 59.7 Å². The minimum Gasteiger partial charge on any atom is -0.497 e. The lowest BCUT2D eigenvalue weighted by molar-refractivity contribution is -0.137. The quantitative estimate of drug-likeness (QED) is 0.753. The molecule has 152 valence electrons. The molecule has 1 amide bonds. The van der Waals surface area contributed by atoms with Crippen molar-refractivity contribution >= 4 is 15.9 Å². The zero-order chi connectivity index (χ0) is 20.9. The summed E-state index contributed by atoms with van der Waals surface area (Å²) in [6, 6.07) is 10.2. The molecular formula is C18H19F3N2O4S. The Morgan fingerprint density at radius 3 is 2.36 bits per heavy atom. The maximum Gasteiger partial charge on any atom is 0.416 e. The Hall–Kier alpha value is -2.59. The molecular weight excluding hydrogens is 397 g/mol. The van der Waals surface area contributed by atoms with Gasteiger partial charge in [0.2, 0.25) is 15.9 Å². The van der Waals surface area contributed by atoms with E-state index in [1.54, 1.807) is 0 Å². The summed E-state index contributed by atoms with van der Waals surface area (Å²) < 4.78 is 68.9. The van der Waals surface area contributed by atoms with Crippen LogP contribution in [-0.2, 0) is 27.5 Å². The van der Waals surface area contributed by atoms with Crippen LogP contribution in [0.5, 0.6) is 5.75 Å². The number of halogens is 3. The number of methoxy groups -OCH3 is 1. The van der Waals surface area contributed by atoms with Gasteiger partial charge in [-0.25, -0.2) is 8.42 Å². The van der Waals surface area contributed by atoms with Gasteiger partial charge in [0.1, 0.15) is 5.75 Å². The highest BCUT2D eigenvalue weighted by Gasteiger charge is 2.30. The first-order valence-corrected chi connectivity index (χ1v) is 9.51. The topological polar surface area (TPSA) is 75.7 Å². The molecule has 0 radical (unpaired) electrons. The average molecular weight is 416 g/mol. The van der Waals surface area contributed by atoms with Crippen molar-refractivity contribution in [1.29, 1.82) is 0 Å². The van der Waals surface area contributed by atoms with E-state index in [1.807, 2.05) is 0 Å². The molecule has 0 aliphatic carbocycles. The molecule has 1 N–H and O–H groups in total. The number of nitrogens with one attached hydrogen (secondary N) is 1. The maximum atomic E-state index is 12.7. The van der Waals surface area contributed by atoms with E-state index in [9.17, 15) is 26.4 Å². The van der Waals surface area contributed by atoms with Crippen LogP contribution in [0.3, 0.4) is 0 Å².